The second kappa shape index (κ2) is 6.86. The van der Waals surface area contributed by atoms with Gasteiger partial charge in [-0.2, -0.15) is 0 Å². The lowest BCUT2D eigenvalue weighted by molar-refractivity contribution is -0.121. The van der Waals surface area contributed by atoms with Gasteiger partial charge in [-0.1, -0.05) is 13.8 Å². The van der Waals surface area contributed by atoms with Crippen molar-refractivity contribution in [3.05, 3.63) is 0 Å². The van der Waals surface area contributed by atoms with Gasteiger partial charge in [-0.3, -0.25) is 4.79 Å². The molecular formula is C12H25N3O. The minimum absolute atomic E-state index is 0.196. The minimum Gasteiger partial charge on any atom is -0.353 e. The summed E-state index contributed by atoms with van der Waals surface area (Å²) in [5, 5.41) is 3.01. The van der Waals surface area contributed by atoms with Crippen LogP contribution in [0.1, 0.15) is 33.1 Å². The highest BCUT2D eigenvalue weighted by molar-refractivity contribution is 5.76. The summed E-state index contributed by atoms with van der Waals surface area (Å²) < 4.78 is 0. The number of carbonyl (C=O) groups excluding carboxylic acids is 1. The highest BCUT2D eigenvalue weighted by Gasteiger charge is 2.23. The van der Waals surface area contributed by atoms with Gasteiger partial charge >= 0.3 is 0 Å². The van der Waals surface area contributed by atoms with Gasteiger partial charge in [-0.25, -0.2) is 0 Å². The summed E-state index contributed by atoms with van der Waals surface area (Å²) in [6.45, 7) is 7.81. The Hall–Kier alpha value is -0.610. The molecule has 1 aliphatic rings. The van der Waals surface area contributed by atoms with Gasteiger partial charge in [0.25, 0.3) is 0 Å². The third-order valence-electron chi connectivity index (χ3n) is 3.02. The molecule has 0 aromatic carbocycles. The molecule has 0 aliphatic heterocycles. The maximum Gasteiger partial charge on any atom is 0.221 e. The van der Waals surface area contributed by atoms with E-state index in [1.807, 2.05) is 0 Å². The van der Waals surface area contributed by atoms with Crippen molar-refractivity contribution in [3.8, 4) is 0 Å². The number of hydrogen-bond acceptors (Lipinski definition) is 3. The van der Waals surface area contributed by atoms with Gasteiger partial charge in [0, 0.05) is 25.6 Å². The SMILES string of the molecule is CCN(CCC(=O)NC1CC1)CC(C)CN. The van der Waals surface area contributed by atoms with E-state index in [2.05, 4.69) is 24.1 Å². The predicted molar refractivity (Wildman–Crippen MR) is 66.1 cm³/mol. The van der Waals surface area contributed by atoms with Gasteiger partial charge in [0.05, 0.1) is 0 Å². The molecule has 0 aromatic heterocycles. The van der Waals surface area contributed by atoms with E-state index < -0.39 is 0 Å². The van der Waals surface area contributed by atoms with Crippen molar-refractivity contribution in [2.24, 2.45) is 11.7 Å². The van der Waals surface area contributed by atoms with E-state index in [9.17, 15) is 4.79 Å². The summed E-state index contributed by atoms with van der Waals surface area (Å²) in [4.78, 5) is 13.8. The number of nitrogens with two attached hydrogens (primary N) is 1. The summed E-state index contributed by atoms with van der Waals surface area (Å²) >= 11 is 0. The molecule has 0 aromatic rings. The van der Waals surface area contributed by atoms with E-state index >= 15 is 0 Å². The minimum atomic E-state index is 0.196. The lowest BCUT2D eigenvalue weighted by atomic mass is 10.1. The van der Waals surface area contributed by atoms with Crippen molar-refractivity contribution < 1.29 is 4.79 Å². The summed E-state index contributed by atoms with van der Waals surface area (Å²) in [7, 11) is 0. The molecule has 4 nitrogen and oxygen atoms in total. The lowest BCUT2D eigenvalue weighted by Crippen LogP contribution is -2.35. The molecule has 0 spiro atoms. The maximum absolute atomic E-state index is 11.5. The Morgan fingerprint density at radius 3 is 2.75 bits per heavy atom. The van der Waals surface area contributed by atoms with Crippen molar-refractivity contribution in [2.75, 3.05) is 26.2 Å². The van der Waals surface area contributed by atoms with E-state index in [-0.39, 0.29) is 5.91 Å². The number of nitrogens with one attached hydrogen (secondary N) is 1. The van der Waals surface area contributed by atoms with E-state index in [4.69, 9.17) is 5.73 Å². The van der Waals surface area contributed by atoms with Crippen molar-refractivity contribution in [2.45, 2.75) is 39.2 Å². The molecule has 1 amide bonds. The van der Waals surface area contributed by atoms with Gasteiger partial charge in [-0.15, -0.1) is 0 Å². The van der Waals surface area contributed by atoms with Crippen LogP contribution in [0.25, 0.3) is 0 Å². The first-order valence-electron chi connectivity index (χ1n) is 6.37. The second-order valence-corrected chi connectivity index (χ2v) is 4.83. The Morgan fingerprint density at radius 2 is 2.25 bits per heavy atom. The van der Waals surface area contributed by atoms with E-state index in [1.54, 1.807) is 0 Å². The average molecular weight is 227 g/mol. The molecule has 1 rings (SSSR count). The van der Waals surface area contributed by atoms with Crippen LogP contribution in [0, 0.1) is 5.92 Å². The fraction of sp³-hybridized carbons (Fsp3) is 0.917. The fourth-order valence-electron chi connectivity index (χ4n) is 1.68. The summed E-state index contributed by atoms with van der Waals surface area (Å²) in [6, 6.07) is 0.477. The number of rotatable bonds is 8. The quantitative estimate of drug-likeness (QED) is 0.637. The molecule has 0 heterocycles. The van der Waals surface area contributed by atoms with Crippen LogP contribution in [0.5, 0.6) is 0 Å². The molecule has 16 heavy (non-hydrogen) atoms. The number of hydrogen-bond donors (Lipinski definition) is 2. The number of nitrogens with zero attached hydrogens (tertiary/aromatic N) is 1. The number of carbonyl (C=O) groups is 1. The van der Waals surface area contributed by atoms with Crippen molar-refractivity contribution in [3.63, 3.8) is 0 Å². The highest BCUT2D eigenvalue weighted by Crippen LogP contribution is 2.18. The average Bonchev–Trinajstić information content (AvgIpc) is 3.07. The zero-order chi connectivity index (χ0) is 12.0. The highest BCUT2D eigenvalue weighted by atomic mass is 16.1. The summed E-state index contributed by atoms with van der Waals surface area (Å²) in [5.41, 5.74) is 5.60. The van der Waals surface area contributed by atoms with Crippen LogP contribution < -0.4 is 11.1 Å². The van der Waals surface area contributed by atoms with Crippen LogP contribution in [0.3, 0.4) is 0 Å². The maximum atomic E-state index is 11.5. The first kappa shape index (κ1) is 13.5. The molecular weight excluding hydrogens is 202 g/mol. The van der Waals surface area contributed by atoms with Gasteiger partial charge in [0.15, 0.2) is 0 Å². The molecule has 3 N–H and O–H groups in total. The Kier molecular flexibility index (Phi) is 5.77. The zero-order valence-corrected chi connectivity index (χ0v) is 10.5. The van der Waals surface area contributed by atoms with Crippen LogP contribution in [0.2, 0.25) is 0 Å². The third-order valence-corrected chi connectivity index (χ3v) is 3.02. The topological polar surface area (TPSA) is 58.4 Å². The van der Waals surface area contributed by atoms with Gasteiger partial charge in [0.2, 0.25) is 5.91 Å². The molecule has 1 aliphatic carbocycles. The summed E-state index contributed by atoms with van der Waals surface area (Å²) in [6.07, 6.45) is 2.93. The van der Waals surface area contributed by atoms with Crippen molar-refractivity contribution in [1.29, 1.82) is 0 Å². The van der Waals surface area contributed by atoms with Crippen LogP contribution in [-0.4, -0.2) is 43.0 Å². The molecule has 94 valence electrons. The Balaban J connectivity index is 2.13. The van der Waals surface area contributed by atoms with E-state index in [1.165, 1.54) is 0 Å². The zero-order valence-electron chi connectivity index (χ0n) is 10.5. The standard InChI is InChI=1S/C12H25N3O/c1-3-15(9-10(2)8-13)7-6-12(16)14-11-4-5-11/h10-11H,3-9,13H2,1-2H3,(H,14,16). The first-order chi connectivity index (χ1) is 7.65. The van der Waals surface area contributed by atoms with Gasteiger partial charge < -0.3 is 16.0 Å². The predicted octanol–water partition coefficient (Wildman–Crippen LogP) is 0.572. The normalized spacial score (nSPS) is 17.5. The first-order valence-corrected chi connectivity index (χ1v) is 6.37. The fourth-order valence-corrected chi connectivity index (χ4v) is 1.68. The van der Waals surface area contributed by atoms with Crippen LogP contribution in [0.15, 0.2) is 0 Å². The van der Waals surface area contributed by atoms with Gasteiger partial charge in [-0.05, 0) is 31.8 Å². The van der Waals surface area contributed by atoms with Gasteiger partial charge in [0.1, 0.15) is 0 Å². The molecule has 0 radical (unpaired) electrons. The van der Waals surface area contributed by atoms with E-state index in [0.717, 1.165) is 32.5 Å². The molecule has 4 heteroatoms. The Bertz CT molecular complexity index is 216. The number of amides is 1. The summed E-state index contributed by atoms with van der Waals surface area (Å²) in [5.74, 6) is 0.702. The van der Waals surface area contributed by atoms with Crippen molar-refractivity contribution >= 4 is 5.91 Å². The smallest absolute Gasteiger partial charge is 0.221 e. The molecule has 1 atom stereocenters. The molecule has 0 saturated heterocycles. The largest absolute Gasteiger partial charge is 0.353 e. The second-order valence-electron chi connectivity index (χ2n) is 4.83. The molecule has 1 fully saturated rings. The molecule has 0 bridgehead atoms. The Morgan fingerprint density at radius 1 is 1.56 bits per heavy atom. The van der Waals surface area contributed by atoms with Crippen molar-refractivity contribution in [1.82, 2.24) is 10.2 Å². The molecule has 1 unspecified atom stereocenters. The lowest BCUT2D eigenvalue weighted by Gasteiger charge is -2.23. The Labute approximate surface area is 98.6 Å². The van der Waals surface area contributed by atoms with Crippen LogP contribution in [-0.2, 0) is 4.79 Å². The third kappa shape index (κ3) is 5.47. The molecule has 1 saturated carbocycles. The monoisotopic (exact) mass is 227 g/mol. The van der Waals surface area contributed by atoms with E-state index in [0.29, 0.717) is 24.9 Å². The van der Waals surface area contributed by atoms with Crippen LogP contribution in [0.4, 0.5) is 0 Å². The van der Waals surface area contributed by atoms with Crippen LogP contribution >= 0.6 is 0 Å².